The largest absolute Gasteiger partial charge is 0.436 e. The van der Waals surface area contributed by atoms with Crippen molar-refractivity contribution < 1.29 is 8.83 Å². The van der Waals surface area contributed by atoms with Gasteiger partial charge in [0, 0.05) is 34.6 Å². The van der Waals surface area contributed by atoms with Gasteiger partial charge in [-0.3, -0.25) is 0 Å². The van der Waals surface area contributed by atoms with Crippen LogP contribution in [0.3, 0.4) is 0 Å². The molecule has 0 aliphatic heterocycles. The molecule has 0 N–H and O–H groups in total. The van der Waals surface area contributed by atoms with Crippen LogP contribution in [0.5, 0.6) is 0 Å². The summed E-state index contributed by atoms with van der Waals surface area (Å²) in [5.41, 5.74) is 15.4. The van der Waals surface area contributed by atoms with Crippen LogP contribution in [0.15, 0.2) is 191 Å². The third-order valence-corrected chi connectivity index (χ3v) is 15.1. The lowest BCUT2D eigenvalue weighted by atomic mass is 9.87. The van der Waals surface area contributed by atoms with Gasteiger partial charge in [0.15, 0.2) is 22.5 Å². The molecule has 12 aromatic rings. The Morgan fingerprint density at radius 1 is 0.312 bits per heavy atom. The number of hydrogen-bond acceptors (Lipinski definition) is 10. The van der Waals surface area contributed by atoms with Crippen molar-refractivity contribution in [2.45, 2.75) is 134 Å². The standard InChI is InChI=1S/C17H17NO.C17H17NS.C16H16N2O.C16H16N2S.4CH4/c2*1-17(2,3)13-10-8-12(9-11-13)16-18-14-6-4-5-7-15(14)19-16;2*1-16(2,3)12-8-6-11(7-9-12)15-18-14-13(19-15)5-4-10-17-14;;;;/h2*4-11H,1-3H3;2*4-10H,1-3H3;4*1H4. The lowest BCUT2D eigenvalue weighted by molar-refractivity contribution is 0.589. The molecule has 0 radical (unpaired) electrons. The molecule has 6 aromatic carbocycles. The third kappa shape index (κ3) is 15.4. The maximum absolute atomic E-state index is 5.77. The van der Waals surface area contributed by atoms with Crippen LogP contribution < -0.4 is 0 Å². The van der Waals surface area contributed by atoms with E-state index in [-0.39, 0.29) is 51.4 Å². The van der Waals surface area contributed by atoms with Gasteiger partial charge in [-0.1, -0.05) is 210 Å². The first kappa shape index (κ1) is 63.2. The third-order valence-electron chi connectivity index (χ3n) is 12.9. The monoisotopic (exact) mass is 1100 g/mol. The minimum Gasteiger partial charge on any atom is -0.436 e. The number of thiazole rings is 2. The summed E-state index contributed by atoms with van der Waals surface area (Å²) in [5.74, 6) is 1.30. The van der Waals surface area contributed by atoms with Crippen LogP contribution in [-0.4, -0.2) is 29.9 Å². The van der Waals surface area contributed by atoms with Crippen LogP contribution in [0.25, 0.3) is 86.9 Å². The minimum absolute atomic E-state index is 0. The zero-order valence-corrected chi connectivity index (χ0v) is 47.3. The normalized spacial score (nSPS) is 11.3. The predicted octanol–water partition coefficient (Wildman–Crippen LogP) is 21.4. The zero-order valence-electron chi connectivity index (χ0n) is 45.6. The van der Waals surface area contributed by atoms with Crippen LogP contribution in [0.2, 0.25) is 0 Å². The van der Waals surface area contributed by atoms with E-state index in [1.807, 2.05) is 60.7 Å². The number of aromatic nitrogens is 6. The van der Waals surface area contributed by atoms with Crippen molar-refractivity contribution >= 4 is 65.6 Å². The first-order chi connectivity index (χ1) is 36.2. The Bertz CT molecular complexity index is 3200. The van der Waals surface area contributed by atoms with Crippen molar-refractivity contribution in [3.05, 3.63) is 205 Å². The van der Waals surface area contributed by atoms with Crippen LogP contribution in [0.4, 0.5) is 0 Å². The highest BCUT2D eigenvalue weighted by atomic mass is 32.1. The molecule has 416 valence electrons. The Kier molecular flexibility index (Phi) is 20.6. The maximum Gasteiger partial charge on any atom is 0.228 e. The molecule has 0 aliphatic rings. The lowest BCUT2D eigenvalue weighted by Gasteiger charge is -2.18. The van der Waals surface area contributed by atoms with Gasteiger partial charge < -0.3 is 8.83 Å². The summed E-state index contributed by atoms with van der Waals surface area (Å²) in [5, 5.41) is 2.14. The van der Waals surface area contributed by atoms with Gasteiger partial charge in [0.2, 0.25) is 11.8 Å². The van der Waals surface area contributed by atoms with Gasteiger partial charge >= 0.3 is 0 Å². The Morgan fingerprint density at radius 3 is 1.12 bits per heavy atom. The molecule has 8 nitrogen and oxygen atoms in total. The molecule has 0 fully saturated rings. The van der Waals surface area contributed by atoms with Crippen LogP contribution in [0, 0.1) is 0 Å². The van der Waals surface area contributed by atoms with Gasteiger partial charge in [0.1, 0.15) is 15.5 Å². The number of fused-ring (bicyclic) bond motifs is 4. The van der Waals surface area contributed by atoms with Gasteiger partial charge in [-0.2, -0.15) is 4.98 Å². The average Bonchev–Trinajstić information content (AvgIpc) is 4.23. The molecule has 0 amide bonds. The molecule has 6 heterocycles. The van der Waals surface area contributed by atoms with Crippen LogP contribution >= 0.6 is 22.7 Å². The summed E-state index contributed by atoms with van der Waals surface area (Å²) in [7, 11) is 0. The predicted molar refractivity (Wildman–Crippen MR) is 346 cm³/mol. The lowest BCUT2D eigenvalue weighted by Crippen LogP contribution is -2.10. The second kappa shape index (κ2) is 26.1. The van der Waals surface area contributed by atoms with Crippen molar-refractivity contribution in [3.8, 4) is 44.1 Å². The summed E-state index contributed by atoms with van der Waals surface area (Å²) in [6.07, 6.45) is 3.51. The topological polar surface area (TPSA) is 104 Å². The molecule has 0 atom stereocenters. The molecule has 0 unspecified atom stereocenters. The molecule has 0 saturated heterocycles. The second-order valence-electron chi connectivity index (χ2n) is 23.0. The van der Waals surface area contributed by atoms with E-state index in [9.17, 15) is 0 Å². The Labute approximate surface area is 484 Å². The average molecular weight is 1100 g/mol. The number of para-hydroxylation sites is 3. The van der Waals surface area contributed by atoms with E-state index >= 15 is 0 Å². The summed E-state index contributed by atoms with van der Waals surface area (Å²) >= 11 is 3.44. The SMILES string of the molecule is C.C.C.C.CC(C)(C)c1ccc(-c2nc3ccccc3o2)cc1.CC(C)(C)c1ccc(-c2nc3ccccc3s2)cc1.CC(C)(C)c1ccc(-c2nc3ncccc3o2)cc1.CC(C)(C)c1ccc(-c2nc3ncccc3s2)cc1. The van der Waals surface area contributed by atoms with Gasteiger partial charge in [0.25, 0.3) is 0 Å². The molecule has 0 bridgehead atoms. The fourth-order valence-corrected chi connectivity index (χ4v) is 10.1. The molecule has 0 aliphatic carbocycles. The molecule has 12 rings (SSSR count). The summed E-state index contributed by atoms with van der Waals surface area (Å²) in [4.78, 5) is 26.6. The highest BCUT2D eigenvalue weighted by molar-refractivity contribution is 7.22. The van der Waals surface area contributed by atoms with Gasteiger partial charge in [-0.05, 0) is 117 Å². The molecular formula is C70H82N6O2S2. The Morgan fingerprint density at radius 2 is 0.675 bits per heavy atom. The number of hydrogen-bond donors (Lipinski definition) is 0. The zero-order chi connectivity index (χ0) is 53.8. The highest BCUT2D eigenvalue weighted by Crippen LogP contribution is 2.34. The van der Waals surface area contributed by atoms with E-state index in [0.29, 0.717) is 17.4 Å². The Balaban J connectivity index is 0.000000193. The number of pyridine rings is 2. The molecular weight excluding hydrogens is 1020 g/mol. The number of rotatable bonds is 4. The quantitative estimate of drug-likeness (QED) is 0.172. The van der Waals surface area contributed by atoms with Gasteiger partial charge in [-0.15, -0.1) is 22.7 Å². The molecule has 6 aromatic heterocycles. The van der Waals surface area contributed by atoms with Crippen LogP contribution in [0.1, 0.15) is 135 Å². The Hall–Kier alpha value is -7.66. The molecule has 0 spiro atoms. The summed E-state index contributed by atoms with van der Waals surface area (Å²) in [6.45, 7) is 26.6. The van der Waals surface area contributed by atoms with Crippen molar-refractivity contribution in [2.24, 2.45) is 0 Å². The fraction of sp³-hybridized carbons (Fsp3) is 0.286. The maximum atomic E-state index is 5.77. The van der Waals surface area contributed by atoms with Gasteiger partial charge in [0.05, 0.1) is 14.9 Å². The van der Waals surface area contributed by atoms with Crippen molar-refractivity contribution in [1.29, 1.82) is 0 Å². The summed E-state index contributed by atoms with van der Waals surface area (Å²) in [6, 6.07) is 58.1. The van der Waals surface area contributed by atoms with Crippen molar-refractivity contribution in [1.82, 2.24) is 29.9 Å². The van der Waals surface area contributed by atoms with E-state index < -0.39 is 0 Å². The van der Waals surface area contributed by atoms with Gasteiger partial charge in [-0.25, -0.2) is 24.9 Å². The fourth-order valence-electron chi connectivity index (χ4n) is 8.23. The number of nitrogens with zero attached hydrogens (tertiary/aromatic N) is 6. The number of oxazole rings is 2. The highest BCUT2D eigenvalue weighted by Gasteiger charge is 2.18. The van der Waals surface area contributed by atoms with Crippen molar-refractivity contribution in [3.63, 3.8) is 0 Å². The van der Waals surface area contributed by atoms with Crippen LogP contribution in [-0.2, 0) is 21.7 Å². The van der Waals surface area contributed by atoms with E-state index in [0.717, 1.165) is 59.3 Å². The van der Waals surface area contributed by atoms with E-state index in [1.165, 1.54) is 32.5 Å². The molecule has 80 heavy (non-hydrogen) atoms. The smallest absolute Gasteiger partial charge is 0.228 e. The second-order valence-corrected chi connectivity index (χ2v) is 25.0. The van der Waals surface area contributed by atoms with E-state index in [4.69, 9.17) is 13.8 Å². The van der Waals surface area contributed by atoms with E-state index in [1.54, 1.807) is 35.1 Å². The van der Waals surface area contributed by atoms with E-state index in [2.05, 4.69) is 217 Å². The first-order valence-electron chi connectivity index (χ1n) is 25.7. The minimum atomic E-state index is 0. The van der Waals surface area contributed by atoms with Crippen molar-refractivity contribution in [2.75, 3.05) is 0 Å². The summed E-state index contributed by atoms with van der Waals surface area (Å²) < 4.78 is 13.9. The molecule has 0 saturated carbocycles. The number of benzene rings is 6. The first-order valence-corrected chi connectivity index (χ1v) is 27.4. The molecule has 10 heteroatoms.